The number of nitrogens with zero attached hydrogens (tertiary/aromatic N) is 1. The number of ether oxygens (including phenoxy) is 1. The van der Waals surface area contributed by atoms with Gasteiger partial charge in [-0.1, -0.05) is 6.92 Å². The molecule has 16 heavy (non-hydrogen) atoms. The van der Waals surface area contributed by atoms with E-state index in [1.807, 2.05) is 6.92 Å². The van der Waals surface area contributed by atoms with Gasteiger partial charge in [0.15, 0.2) is 0 Å². The third-order valence-electron chi connectivity index (χ3n) is 2.78. The Morgan fingerprint density at radius 3 is 3.00 bits per heavy atom. The van der Waals surface area contributed by atoms with Gasteiger partial charge < -0.3 is 15.0 Å². The van der Waals surface area contributed by atoms with Gasteiger partial charge in [0.2, 0.25) is 11.8 Å². The van der Waals surface area contributed by atoms with E-state index in [4.69, 9.17) is 4.74 Å². The zero-order chi connectivity index (χ0) is 12.0. The second-order valence-electron chi connectivity index (χ2n) is 3.90. The molecule has 0 aromatic carbocycles. The van der Waals surface area contributed by atoms with Crippen LogP contribution in [0.2, 0.25) is 0 Å². The zero-order valence-corrected chi connectivity index (χ0v) is 9.99. The Balaban J connectivity index is 2.48. The molecule has 0 aromatic heterocycles. The molecule has 5 heteroatoms. The van der Waals surface area contributed by atoms with Crippen molar-refractivity contribution in [3.8, 4) is 0 Å². The van der Waals surface area contributed by atoms with Crippen molar-refractivity contribution in [1.82, 2.24) is 10.2 Å². The number of methoxy groups -OCH3 is 1. The molecule has 1 N–H and O–H groups in total. The van der Waals surface area contributed by atoms with Gasteiger partial charge in [-0.2, -0.15) is 0 Å². The molecule has 0 aliphatic carbocycles. The van der Waals surface area contributed by atoms with Gasteiger partial charge in [-0.05, 0) is 12.8 Å². The third-order valence-corrected chi connectivity index (χ3v) is 2.78. The van der Waals surface area contributed by atoms with Crippen LogP contribution in [0.5, 0.6) is 0 Å². The van der Waals surface area contributed by atoms with Gasteiger partial charge in [0.1, 0.15) is 6.04 Å². The summed E-state index contributed by atoms with van der Waals surface area (Å²) in [5.74, 6) is 0.0209. The van der Waals surface area contributed by atoms with Crippen molar-refractivity contribution in [2.24, 2.45) is 0 Å². The first-order chi connectivity index (χ1) is 7.70. The van der Waals surface area contributed by atoms with Crippen LogP contribution in [0.4, 0.5) is 0 Å². The molecule has 0 radical (unpaired) electrons. The maximum Gasteiger partial charge on any atom is 0.242 e. The smallest absolute Gasteiger partial charge is 0.242 e. The molecule has 1 atom stereocenters. The first kappa shape index (κ1) is 13.0. The number of hydrogen-bond donors (Lipinski definition) is 1. The third kappa shape index (κ3) is 3.20. The SMILES string of the molecule is CCC1C(=O)NCCN1C(=O)CCCOC. The highest BCUT2D eigenvalue weighted by Crippen LogP contribution is 2.11. The van der Waals surface area contributed by atoms with Crippen molar-refractivity contribution in [3.05, 3.63) is 0 Å². The molecule has 1 aliphatic rings. The van der Waals surface area contributed by atoms with Crippen LogP contribution in [0, 0.1) is 0 Å². The Bertz CT molecular complexity index is 256. The average Bonchev–Trinajstić information content (AvgIpc) is 2.29. The van der Waals surface area contributed by atoms with E-state index in [2.05, 4.69) is 5.32 Å². The molecule has 0 saturated carbocycles. The van der Waals surface area contributed by atoms with E-state index < -0.39 is 0 Å². The first-order valence-corrected chi connectivity index (χ1v) is 5.76. The molecule has 5 nitrogen and oxygen atoms in total. The molecule has 1 unspecified atom stereocenters. The van der Waals surface area contributed by atoms with Gasteiger partial charge in [-0.3, -0.25) is 9.59 Å². The van der Waals surface area contributed by atoms with E-state index in [-0.39, 0.29) is 17.9 Å². The molecule has 2 amide bonds. The minimum Gasteiger partial charge on any atom is -0.385 e. The van der Waals surface area contributed by atoms with E-state index >= 15 is 0 Å². The normalized spacial score (nSPS) is 20.8. The van der Waals surface area contributed by atoms with Gasteiger partial charge in [0.05, 0.1) is 0 Å². The number of nitrogens with one attached hydrogen (secondary N) is 1. The summed E-state index contributed by atoms with van der Waals surface area (Å²) in [4.78, 5) is 25.1. The van der Waals surface area contributed by atoms with E-state index in [0.29, 0.717) is 39.0 Å². The van der Waals surface area contributed by atoms with E-state index in [1.54, 1.807) is 12.0 Å². The van der Waals surface area contributed by atoms with Gasteiger partial charge in [0, 0.05) is 33.2 Å². The quantitative estimate of drug-likeness (QED) is 0.681. The van der Waals surface area contributed by atoms with Crippen LogP contribution in [0.1, 0.15) is 26.2 Å². The minimum absolute atomic E-state index is 0.0335. The maximum atomic E-state index is 11.9. The molecule has 0 spiro atoms. The molecule has 1 fully saturated rings. The Morgan fingerprint density at radius 1 is 1.62 bits per heavy atom. The van der Waals surface area contributed by atoms with Crippen molar-refractivity contribution < 1.29 is 14.3 Å². The molecule has 0 bridgehead atoms. The average molecular weight is 228 g/mol. The molecular weight excluding hydrogens is 208 g/mol. The molecule has 1 rings (SSSR count). The molecule has 1 heterocycles. The largest absolute Gasteiger partial charge is 0.385 e. The molecule has 1 aliphatic heterocycles. The van der Waals surface area contributed by atoms with Crippen molar-refractivity contribution in [1.29, 1.82) is 0 Å². The minimum atomic E-state index is -0.288. The van der Waals surface area contributed by atoms with Crippen LogP contribution in [-0.4, -0.2) is 49.6 Å². The summed E-state index contributed by atoms with van der Waals surface area (Å²) in [6.07, 6.45) is 1.84. The zero-order valence-electron chi connectivity index (χ0n) is 9.99. The second kappa shape index (κ2) is 6.48. The van der Waals surface area contributed by atoms with Crippen LogP contribution < -0.4 is 5.32 Å². The summed E-state index contributed by atoms with van der Waals surface area (Å²) in [6, 6.07) is -0.288. The Labute approximate surface area is 96.1 Å². The predicted octanol–water partition coefficient (Wildman–Crippen LogP) is 0.150. The van der Waals surface area contributed by atoms with E-state index in [9.17, 15) is 9.59 Å². The monoisotopic (exact) mass is 228 g/mol. The summed E-state index contributed by atoms with van der Waals surface area (Å²) in [5.41, 5.74) is 0. The highest BCUT2D eigenvalue weighted by Gasteiger charge is 2.30. The van der Waals surface area contributed by atoms with Crippen molar-refractivity contribution in [3.63, 3.8) is 0 Å². The van der Waals surface area contributed by atoms with Crippen LogP contribution in [0.3, 0.4) is 0 Å². The number of piperazine rings is 1. The fourth-order valence-corrected chi connectivity index (χ4v) is 1.93. The number of amides is 2. The number of hydrogen-bond acceptors (Lipinski definition) is 3. The van der Waals surface area contributed by atoms with Crippen LogP contribution in [0.15, 0.2) is 0 Å². The number of carbonyl (C=O) groups is 2. The van der Waals surface area contributed by atoms with Gasteiger partial charge >= 0.3 is 0 Å². The van der Waals surface area contributed by atoms with Crippen LogP contribution >= 0.6 is 0 Å². The Morgan fingerprint density at radius 2 is 2.38 bits per heavy atom. The first-order valence-electron chi connectivity index (χ1n) is 5.76. The van der Waals surface area contributed by atoms with Crippen LogP contribution in [0.25, 0.3) is 0 Å². The fourth-order valence-electron chi connectivity index (χ4n) is 1.93. The lowest BCUT2D eigenvalue weighted by atomic mass is 10.1. The summed E-state index contributed by atoms with van der Waals surface area (Å²) >= 11 is 0. The van der Waals surface area contributed by atoms with Crippen LogP contribution in [-0.2, 0) is 14.3 Å². The predicted molar refractivity (Wildman–Crippen MR) is 59.9 cm³/mol. The maximum absolute atomic E-state index is 11.9. The van der Waals surface area contributed by atoms with E-state index in [0.717, 1.165) is 0 Å². The molecule has 0 aromatic rings. The summed E-state index contributed by atoms with van der Waals surface area (Å²) in [6.45, 7) is 3.69. The highest BCUT2D eigenvalue weighted by atomic mass is 16.5. The fraction of sp³-hybridized carbons (Fsp3) is 0.818. The van der Waals surface area contributed by atoms with Gasteiger partial charge in [-0.25, -0.2) is 0 Å². The highest BCUT2D eigenvalue weighted by molar-refractivity contribution is 5.88. The number of rotatable bonds is 5. The lowest BCUT2D eigenvalue weighted by Crippen LogP contribution is -2.56. The van der Waals surface area contributed by atoms with Crippen molar-refractivity contribution >= 4 is 11.8 Å². The summed E-state index contributed by atoms with van der Waals surface area (Å²) in [5, 5.41) is 2.78. The summed E-state index contributed by atoms with van der Waals surface area (Å²) < 4.78 is 4.90. The van der Waals surface area contributed by atoms with Gasteiger partial charge in [-0.15, -0.1) is 0 Å². The van der Waals surface area contributed by atoms with E-state index in [1.165, 1.54) is 0 Å². The Kier molecular flexibility index (Phi) is 5.25. The summed E-state index contributed by atoms with van der Waals surface area (Å²) in [7, 11) is 1.62. The topological polar surface area (TPSA) is 58.6 Å². The van der Waals surface area contributed by atoms with Gasteiger partial charge in [0.25, 0.3) is 0 Å². The molecule has 92 valence electrons. The number of carbonyl (C=O) groups excluding carboxylic acids is 2. The lowest BCUT2D eigenvalue weighted by molar-refractivity contribution is -0.143. The van der Waals surface area contributed by atoms with Crippen molar-refractivity contribution in [2.75, 3.05) is 26.8 Å². The Hall–Kier alpha value is -1.10. The lowest BCUT2D eigenvalue weighted by Gasteiger charge is -2.34. The second-order valence-corrected chi connectivity index (χ2v) is 3.90. The molecule has 1 saturated heterocycles. The standard InChI is InChI=1S/C11H20N2O3/c1-3-9-11(15)12-6-7-13(9)10(14)5-4-8-16-2/h9H,3-8H2,1-2H3,(H,12,15). The van der Waals surface area contributed by atoms with Crippen molar-refractivity contribution in [2.45, 2.75) is 32.2 Å². The molecular formula is C11H20N2O3.